The van der Waals surface area contributed by atoms with E-state index in [0.717, 1.165) is 38.8 Å². The van der Waals surface area contributed by atoms with Crippen LogP contribution in [0.25, 0.3) is 0 Å². The predicted molar refractivity (Wildman–Crippen MR) is 230 cm³/mol. The minimum Gasteiger partial charge on any atom is -1.00 e. The zero-order valence-electron chi connectivity index (χ0n) is 35.2. The van der Waals surface area contributed by atoms with Crippen molar-refractivity contribution >= 4 is 0 Å². The highest BCUT2D eigenvalue weighted by Gasteiger charge is 2.67. The molecule has 0 radical (unpaired) electrons. The Morgan fingerprint density at radius 2 is 0.724 bits per heavy atom. The lowest BCUT2D eigenvalue weighted by atomic mass is 9.56. The van der Waals surface area contributed by atoms with Crippen LogP contribution in [0.3, 0.4) is 0 Å². The van der Waals surface area contributed by atoms with Gasteiger partial charge in [-0.1, -0.05) is 161 Å². The molecule has 0 spiro atoms. The molecule has 4 heterocycles. The van der Waals surface area contributed by atoms with Gasteiger partial charge in [-0.2, -0.15) is 10.5 Å². The van der Waals surface area contributed by atoms with Gasteiger partial charge in [-0.15, -0.1) is 0 Å². The lowest BCUT2D eigenvalue weighted by Gasteiger charge is -2.41. The first-order valence-electron chi connectivity index (χ1n) is 22.2. The number of piperidine rings is 2. The molecule has 6 heteroatoms. The van der Waals surface area contributed by atoms with E-state index in [1.54, 1.807) is 0 Å². The van der Waals surface area contributed by atoms with Crippen LogP contribution < -0.4 is 34.0 Å². The number of nitriles is 2. The van der Waals surface area contributed by atoms with Gasteiger partial charge in [0.2, 0.25) is 0 Å². The van der Waals surface area contributed by atoms with Crippen LogP contribution in [0.4, 0.5) is 0 Å². The van der Waals surface area contributed by atoms with Crippen molar-refractivity contribution in [1.82, 2.24) is 0 Å². The van der Waals surface area contributed by atoms with Crippen LogP contribution in [0.2, 0.25) is 0 Å². The van der Waals surface area contributed by atoms with Crippen LogP contribution in [0.1, 0.15) is 113 Å². The number of hydrogen-bond donors (Lipinski definition) is 0. The minimum absolute atomic E-state index is 0. The molecule has 4 aliphatic heterocycles. The summed E-state index contributed by atoms with van der Waals surface area (Å²) in [6.07, 6.45) is 15.3. The molecule has 0 aliphatic carbocycles. The molecule has 0 N–H and O–H groups in total. The van der Waals surface area contributed by atoms with Gasteiger partial charge in [0.1, 0.15) is 10.8 Å². The average molecular weight is 907 g/mol. The highest BCUT2D eigenvalue weighted by molar-refractivity contribution is 5.51. The zero-order chi connectivity index (χ0) is 39.0. The third-order valence-corrected chi connectivity index (χ3v) is 15.3. The number of benzene rings is 4. The first kappa shape index (κ1) is 45.8. The van der Waals surface area contributed by atoms with Gasteiger partial charge >= 0.3 is 0 Å². The summed E-state index contributed by atoms with van der Waals surface area (Å²) in [5.41, 5.74) is 3.72. The highest BCUT2D eigenvalue weighted by Crippen LogP contribution is 2.61. The molecule has 8 rings (SSSR count). The van der Waals surface area contributed by atoms with Crippen molar-refractivity contribution < 1.29 is 42.9 Å². The van der Waals surface area contributed by atoms with E-state index in [1.807, 2.05) is 0 Å². The summed E-state index contributed by atoms with van der Waals surface area (Å²) in [7, 11) is 0. The Labute approximate surface area is 372 Å². The van der Waals surface area contributed by atoms with Gasteiger partial charge in [0.25, 0.3) is 0 Å². The minimum atomic E-state index is -0.546. The first-order chi connectivity index (χ1) is 27.4. The van der Waals surface area contributed by atoms with E-state index in [4.69, 9.17) is 0 Å². The first-order valence-corrected chi connectivity index (χ1v) is 22.2. The summed E-state index contributed by atoms with van der Waals surface area (Å²) in [6, 6.07) is 48.2. The van der Waals surface area contributed by atoms with Gasteiger partial charge in [0, 0.05) is 25.7 Å². The van der Waals surface area contributed by atoms with Gasteiger partial charge in [0.15, 0.2) is 0 Å². The number of fused-ring (bicyclic) bond motifs is 4. The summed E-state index contributed by atoms with van der Waals surface area (Å²) in [4.78, 5) is 0. The highest BCUT2D eigenvalue weighted by atomic mass is 79.9. The molecule has 58 heavy (non-hydrogen) atoms. The van der Waals surface area contributed by atoms with Gasteiger partial charge in [-0.3, -0.25) is 0 Å². The van der Waals surface area contributed by atoms with Gasteiger partial charge in [-0.05, 0) is 47.9 Å². The fourth-order valence-electron chi connectivity index (χ4n) is 12.3. The number of halogens is 2. The quantitative estimate of drug-likeness (QED) is 0.112. The molecule has 4 aromatic carbocycles. The van der Waals surface area contributed by atoms with E-state index in [9.17, 15) is 10.5 Å². The number of hydrogen-bond acceptors (Lipinski definition) is 2. The Bertz CT molecular complexity index is 1700. The van der Waals surface area contributed by atoms with Crippen molar-refractivity contribution in [3.63, 3.8) is 0 Å². The van der Waals surface area contributed by atoms with Crippen LogP contribution in [0.15, 0.2) is 121 Å². The third-order valence-electron chi connectivity index (χ3n) is 15.3. The summed E-state index contributed by atoms with van der Waals surface area (Å²) in [6.45, 7) is 14.5. The molecule has 4 aromatic rings. The maximum atomic E-state index is 10.7. The van der Waals surface area contributed by atoms with Gasteiger partial charge < -0.3 is 42.9 Å². The molecule has 0 atom stereocenters. The van der Waals surface area contributed by atoms with Crippen LogP contribution >= 0.6 is 0 Å². The average Bonchev–Trinajstić information content (AvgIpc) is 4.04. The molecule has 0 saturated carbocycles. The summed E-state index contributed by atoms with van der Waals surface area (Å²) in [5.74, 6) is 0. The normalized spacial score (nSPS) is 25.4. The number of unbranched alkanes of at least 4 members (excludes halogenated alkanes) is 6. The van der Waals surface area contributed by atoms with Crippen molar-refractivity contribution in [2.24, 2.45) is 10.8 Å². The Morgan fingerprint density at radius 3 is 0.966 bits per heavy atom. The van der Waals surface area contributed by atoms with Gasteiger partial charge in [0.05, 0.1) is 75.3 Å². The van der Waals surface area contributed by atoms with E-state index in [2.05, 4.69) is 147 Å². The fourth-order valence-corrected chi connectivity index (χ4v) is 12.3. The van der Waals surface area contributed by atoms with Crippen LogP contribution in [0.5, 0.6) is 0 Å². The van der Waals surface area contributed by atoms with Gasteiger partial charge in [-0.25, -0.2) is 0 Å². The molecule has 4 bridgehead atoms. The smallest absolute Gasteiger partial charge is 0.118 e. The standard InChI is InChI=1S/2C26H33N2.2BrH/c2*1-2-3-4-11-18-28-19-16-25(22-28,17-20-28)26(21-27,23-12-7-5-8-13-23)24-14-9-6-10-15-24;;/h2*5-10,12-15H,2-4,11,16-20,22H2,1H3;2*1H/q2*+1;;/p-2. The third kappa shape index (κ3) is 8.26. The molecular weight excluding hydrogens is 840 g/mol. The van der Waals surface area contributed by atoms with Crippen molar-refractivity contribution in [2.75, 3.05) is 52.4 Å². The van der Waals surface area contributed by atoms with Crippen molar-refractivity contribution in [1.29, 1.82) is 10.5 Å². The molecule has 308 valence electrons. The lowest BCUT2D eigenvalue weighted by Crippen LogP contribution is -3.00. The number of quaternary nitrogens is 2. The van der Waals surface area contributed by atoms with Crippen LogP contribution in [-0.4, -0.2) is 61.3 Å². The monoisotopic (exact) mass is 904 g/mol. The van der Waals surface area contributed by atoms with Crippen LogP contribution in [-0.2, 0) is 10.8 Å². The van der Waals surface area contributed by atoms with E-state index in [1.165, 1.54) is 122 Å². The van der Waals surface area contributed by atoms with E-state index >= 15 is 0 Å². The largest absolute Gasteiger partial charge is 1.00 e. The zero-order valence-corrected chi connectivity index (χ0v) is 38.4. The summed E-state index contributed by atoms with van der Waals surface area (Å²) in [5, 5.41) is 21.5. The molecule has 0 amide bonds. The molecule has 4 fully saturated rings. The Kier molecular flexibility index (Phi) is 15.7. The van der Waals surface area contributed by atoms with Crippen molar-refractivity contribution in [3.05, 3.63) is 144 Å². The molecule has 0 unspecified atom stereocenters. The molecule has 4 saturated heterocycles. The van der Waals surface area contributed by atoms with Crippen molar-refractivity contribution in [3.8, 4) is 12.1 Å². The summed E-state index contributed by atoms with van der Waals surface area (Å²) >= 11 is 0. The Morgan fingerprint density at radius 1 is 0.448 bits per heavy atom. The number of nitrogens with zero attached hydrogens (tertiary/aromatic N) is 4. The molecule has 4 nitrogen and oxygen atoms in total. The molecular formula is C52H66Br2N4. The maximum absolute atomic E-state index is 10.7. The molecule has 4 aliphatic rings. The van der Waals surface area contributed by atoms with E-state index < -0.39 is 10.8 Å². The van der Waals surface area contributed by atoms with E-state index in [-0.39, 0.29) is 44.8 Å². The summed E-state index contributed by atoms with van der Waals surface area (Å²) < 4.78 is 2.49. The molecule has 0 aromatic heterocycles. The van der Waals surface area contributed by atoms with E-state index in [0.29, 0.717) is 0 Å². The second-order valence-corrected chi connectivity index (χ2v) is 18.2. The van der Waals surface area contributed by atoms with Crippen LogP contribution in [0, 0.1) is 33.5 Å². The van der Waals surface area contributed by atoms with Crippen molar-refractivity contribution in [2.45, 2.75) is 102 Å². The predicted octanol–water partition coefficient (Wildman–Crippen LogP) is 5.38. The maximum Gasteiger partial charge on any atom is 0.118 e. The Balaban J connectivity index is 0.000000214. The second-order valence-electron chi connectivity index (χ2n) is 18.2. The SMILES string of the molecule is CCCCCC[N+]12CCC(C(C#N)(c3ccccc3)c3ccccc3)(CC1)C2.CCCCCC[N+]12CCC(C(C#N)(c3ccccc3)c3ccccc3)(CC1)C2.[Br-].[Br-]. The second kappa shape index (κ2) is 19.9. The Hall–Kier alpha value is -3.26. The fraction of sp³-hybridized carbons (Fsp3) is 0.500. The topological polar surface area (TPSA) is 47.6 Å². The number of rotatable bonds is 16. The lowest BCUT2D eigenvalue weighted by molar-refractivity contribution is -0.909.